The number of aromatic nitrogens is 1. The van der Waals surface area contributed by atoms with Gasteiger partial charge >= 0.3 is 0 Å². The van der Waals surface area contributed by atoms with Crippen LogP contribution in [0.15, 0.2) is 41.2 Å². The first kappa shape index (κ1) is 12.2. The van der Waals surface area contributed by atoms with Gasteiger partial charge in [-0.05, 0) is 12.6 Å². The molecule has 0 saturated heterocycles. The molecule has 4 heteroatoms. The minimum absolute atomic E-state index is 0.248. The van der Waals surface area contributed by atoms with Crippen molar-refractivity contribution in [2.24, 2.45) is 5.73 Å². The molecule has 17 heavy (non-hydrogen) atoms. The summed E-state index contributed by atoms with van der Waals surface area (Å²) in [6, 6.07) is 10.6. The topological polar surface area (TPSA) is 42.2 Å². The Labute approximate surface area is 106 Å². The van der Waals surface area contributed by atoms with Crippen molar-refractivity contribution in [3.63, 3.8) is 0 Å². The molecule has 0 aliphatic rings. The second-order valence-corrected chi connectivity index (χ2v) is 4.78. The molecule has 0 saturated carbocycles. The summed E-state index contributed by atoms with van der Waals surface area (Å²) in [4.78, 5) is 6.54. The van der Waals surface area contributed by atoms with Gasteiger partial charge < -0.3 is 5.73 Å². The fourth-order valence-corrected chi connectivity index (χ4v) is 2.48. The lowest BCUT2D eigenvalue weighted by Crippen LogP contribution is -2.30. The predicted molar refractivity (Wildman–Crippen MR) is 71.8 cm³/mol. The van der Waals surface area contributed by atoms with Gasteiger partial charge in [0.2, 0.25) is 0 Å². The maximum absolute atomic E-state index is 5.88. The second kappa shape index (κ2) is 5.91. The Morgan fingerprint density at radius 2 is 2.12 bits per heavy atom. The van der Waals surface area contributed by atoms with Gasteiger partial charge in [-0.3, -0.25) is 4.90 Å². The van der Waals surface area contributed by atoms with Crippen LogP contribution >= 0.6 is 11.3 Å². The summed E-state index contributed by atoms with van der Waals surface area (Å²) in [5.74, 6) is 0. The van der Waals surface area contributed by atoms with E-state index in [1.54, 1.807) is 11.3 Å². The molecule has 2 aromatic rings. The van der Waals surface area contributed by atoms with Crippen LogP contribution in [-0.4, -0.2) is 23.5 Å². The molecule has 0 spiro atoms. The quantitative estimate of drug-likeness (QED) is 0.881. The van der Waals surface area contributed by atoms with Crippen LogP contribution in [0.1, 0.15) is 17.3 Å². The molecule has 0 aliphatic heterocycles. The smallest absolute Gasteiger partial charge is 0.0795 e. The van der Waals surface area contributed by atoms with E-state index < -0.39 is 0 Å². The Kier molecular flexibility index (Phi) is 4.25. The van der Waals surface area contributed by atoms with Gasteiger partial charge in [-0.2, -0.15) is 0 Å². The number of nitrogens with two attached hydrogens (primary N) is 1. The van der Waals surface area contributed by atoms with E-state index in [0.717, 1.165) is 12.2 Å². The van der Waals surface area contributed by atoms with Crippen molar-refractivity contribution in [3.05, 3.63) is 52.5 Å². The van der Waals surface area contributed by atoms with E-state index in [1.807, 2.05) is 11.6 Å². The number of benzene rings is 1. The average Bonchev–Trinajstić information content (AvgIpc) is 2.84. The molecule has 0 fully saturated rings. The lowest BCUT2D eigenvalue weighted by molar-refractivity contribution is 0.239. The van der Waals surface area contributed by atoms with E-state index >= 15 is 0 Å². The second-order valence-electron chi connectivity index (χ2n) is 4.06. The van der Waals surface area contributed by atoms with Crippen LogP contribution in [0.2, 0.25) is 0 Å². The molecule has 1 atom stereocenters. The largest absolute Gasteiger partial charge is 0.329 e. The van der Waals surface area contributed by atoms with E-state index in [-0.39, 0.29) is 6.04 Å². The van der Waals surface area contributed by atoms with Crippen molar-refractivity contribution in [2.45, 2.75) is 12.6 Å². The van der Waals surface area contributed by atoms with Crippen LogP contribution in [0.5, 0.6) is 0 Å². The Morgan fingerprint density at radius 3 is 2.71 bits per heavy atom. The van der Waals surface area contributed by atoms with Gasteiger partial charge in [0.1, 0.15) is 0 Å². The van der Waals surface area contributed by atoms with Crippen LogP contribution in [0.4, 0.5) is 0 Å². The monoisotopic (exact) mass is 247 g/mol. The van der Waals surface area contributed by atoms with Crippen LogP contribution in [-0.2, 0) is 6.54 Å². The lowest BCUT2D eigenvalue weighted by Gasteiger charge is -2.26. The molecule has 2 rings (SSSR count). The number of thiazole rings is 1. The third kappa shape index (κ3) is 3.12. The van der Waals surface area contributed by atoms with Crippen LogP contribution < -0.4 is 5.73 Å². The molecular formula is C13H17N3S. The predicted octanol–water partition coefficient (Wildman–Crippen LogP) is 2.27. The van der Waals surface area contributed by atoms with E-state index in [0.29, 0.717) is 6.54 Å². The van der Waals surface area contributed by atoms with Gasteiger partial charge in [0, 0.05) is 24.5 Å². The van der Waals surface area contributed by atoms with Gasteiger partial charge in [0.05, 0.1) is 11.2 Å². The number of nitrogens with zero attached hydrogens (tertiary/aromatic N) is 2. The summed E-state index contributed by atoms with van der Waals surface area (Å²) >= 11 is 1.63. The van der Waals surface area contributed by atoms with Gasteiger partial charge in [-0.25, -0.2) is 4.98 Å². The van der Waals surface area contributed by atoms with Crippen molar-refractivity contribution in [3.8, 4) is 0 Å². The summed E-state index contributed by atoms with van der Waals surface area (Å²) in [5, 5.41) is 2.08. The normalized spacial score (nSPS) is 12.9. The third-order valence-electron chi connectivity index (χ3n) is 2.83. The van der Waals surface area contributed by atoms with E-state index in [9.17, 15) is 0 Å². The minimum atomic E-state index is 0.248. The first-order valence-electron chi connectivity index (χ1n) is 5.63. The highest BCUT2D eigenvalue weighted by atomic mass is 32.1. The highest BCUT2D eigenvalue weighted by molar-refractivity contribution is 7.07. The Hall–Kier alpha value is -1.23. The van der Waals surface area contributed by atoms with Crippen molar-refractivity contribution in [1.82, 2.24) is 9.88 Å². The molecule has 3 nitrogen and oxygen atoms in total. The number of rotatable bonds is 5. The summed E-state index contributed by atoms with van der Waals surface area (Å²) in [6.45, 7) is 1.45. The zero-order chi connectivity index (χ0) is 12.1. The van der Waals surface area contributed by atoms with Crippen LogP contribution in [0.25, 0.3) is 0 Å². The molecule has 1 aromatic heterocycles. The summed E-state index contributed by atoms with van der Waals surface area (Å²) in [6.07, 6.45) is 0. The SMILES string of the molecule is CN(Cc1cscn1)C(CN)c1ccccc1. The van der Waals surface area contributed by atoms with Gasteiger partial charge in [-0.1, -0.05) is 30.3 Å². The van der Waals surface area contributed by atoms with Gasteiger partial charge in [0.15, 0.2) is 0 Å². The van der Waals surface area contributed by atoms with E-state index in [1.165, 1.54) is 5.56 Å². The first-order valence-corrected chi connectivity index (χ1v) is 6.58. The summed E-state index contributed by atoms with van der Waals surface area (Å²) < 4.78 is 0. The van der Waals surface area contributed by atoms with E-state index in [4.69, 9.17) is 5.73 Å². The Bertz CT molecular complexity index is 427. The summed E-state index contributed by atoms with van der Waals surface area (Å²) in [7, 11) is 2.09. The van der Waals surface area contributed by atoms with Gasteiger partial charge in [0.25, 0.3) is 0 Å². The zero-order valence-corrected chi connectivity index (χ0v) is 10.7. The molecule has 1 unspecified atom stereocenters. The lowest BCUT2D eigenvalue weighted by atomic mass is 10.1. The number of hydrogen-bond donors (Lipinski definition) is 1. The first-order chi connectivity index (χ1) is 8.31. The zero-order valence-electron chi connectivity index (χ0n) is 9.91. The molecule has 90 valence electrons. The fourth-order valence-electron chi connectivity index (χ4n) is 1.93. The van der Waals surface area contributed by atoms with E-state index in [2.05, 4.69) is 46.6 Å². The minimum Gasteiger partial charge on any atom is -0.329 e. The Morgan fingerprint density at radius 1 is 1.35 bits per heavy atom. The van der Waals surface area contributed by atoms with Crippen molar-refractivity contribution in [1.29, 1.82) is 0 Å². The van der Waals surface area contributed by atoms with Crippen LogP contribution in [0, 0.1) is 0 Å². The molecule has 0 bridgehead atoms. The Balaban J connectivity index is 2.08. The standard InChI is InChI=1S/C13H17N3S/c1-16(8-12-9-17-10-15-12)13(7-14)11-5-3-2-4-6-11/h2-6,9-10,13H,7-8,14H2,1H3. The van der Waals surface area contributed by atoms with Crippen molar-refractivity contribution in [2.75, 3.05) is 13.6 Å². The number of hydrogen-bond acceptors (Lipinski definition) is 4. The fraction of sp³-hybridized carbons (Fsp3) is 0.308. The molecule has 1 heterocycles. The summed E-state index contributed by atoms with van der Waals surface area (Å²) in [5.41, 5.74) is 10.1. The molecule has 0 aliphatic carbocycles. The molecule has 0 amide bonds. The number of likely N-dealkylation sites (N-methyl/N-ethyl adjacent to an activating group) is 1. The maximum Gasteiger partial charge on any atom is 0.0795 e. The molecular weight excluding hydrogens is 230 g/mol. The van der Waals surface area contributed by atoms with Crippen molar-refractivity contribution >= 4 is 11.3 Å². The van der Waals surface area contributed by atoms with Crippen molar-refractivity contribution < 1.29 is 0 Å². The molecule has 1 aromatic carbocycles. The third-order valence-corrected chi connectivity index (χ3v) is 3.47. The van der Waals surface area contributed by atoms with Crippen LogP contribution in [0.3, 0.4) is 0 Å². The maximum atomic E-state index is 5.88. The average molecular weight is 247 g/mol. The molecule has 2 N–H and O–H groups in total. The highest BCUT2D eigenvalue weighted by Crippen LogP contribution is 2.19. The molecule has 0 radical (unpaired) electrons. The highest BCUT2D eigenvalue weighted by Gasteiger charge is 2.15. The van der Waals surface area contributed by atoms with Gasteiger partial charge in [-0.15, -0.1) is 11.3 Å².